The number of aliphatic hydroxyl groups excluding tert-OH is 1. The first-order valence-corrected chi connectivity index (χ1v) is 13.4. The lowest BCUT2D eigenvalue weighted by molar-refractivity contribution is -0.132. The smallest absolute Gasteiger partial charge is 0.300 e. The third-order valence-corrected chi connectivity index (χ3v) is 6.47. The molecular formula is C32H35NO6. The molecule has 0 spiro atoms. The van der Waals surface area contributed by atoms with E-state index in [-0.39, 0.29) is 17.1 Å². The molecule has 3 aromatic rings. The predicted octanol–water partition coefficient (Wildman–Crippen LogP) is 6.62. The summed E-state index contributed by atoms with van der Waals surface area (Å²) in [6.07, 6.45) is 3.14. The molecule has 4 rings (SSSR count). The minimum absolute atomic E-state index is 0.0138. The van der Waals surface area contributed by atoms with Crippen LogP contribution in [0.4, 0.5) is 5.69 Å². The molecule has 0 saturated carbocycles. The summed E-state index contributed by atoms with van der Waals surface area (Å²) in [6.45, 7) is 7.39. The number of aliphatic hydroxyl groups is 1. The Labute approximate surface area is 229 Å². The van der Waals surface area contributed by atoms with Gasteiger partial charge in [0.05, 0.1) is 24.8 Å². The topological polar surface area (TPSA) is 96.3 Å². The van der Waals surface area contributed by atoms with E-state index >= 15 is 0 Å². The van der Waals surface area contributed by atoms with Gasteiger partial charge in [0.15, 0.2) is 0 Å². The zero-order valence-electron chi connectivity index (χ0n) is 22.6. The average Bonchev–Trinajstić information content (AvgIpc) is 3.20. The number of hydrogen-bond acceptors (Lipinski definition) is 6. The lowest BCUT2D eigenvalue weighted by Crippen LogP contribution is -2.29. The summed E-state index contributed by atoms with van der Waals surface area (Å²) in [5.74, 6) is -0.214. The lowest BCUT2D eigenvalue weighted by atomic mass is 9.95. The Morgan fingerprint density at radius 2 is 1.59 bits per heavy atom. The van der Waals surface area contributed by atoms with Crippen molar-refractivity contribution < 1.29 is 29.3 Å². The highest BCUT2D eigenvalue weighted by Crippen LogP contribution is 2.43. The minimum atomic E-state index is -0.940. The second kappa shape index (κ2) is 12.5. The standard InChI is InChI=1S/C32H35NO6/c1-4-5-6-18-38-26-14-10-22(11-15-26)30(35)28-29(23-8-7-9-25(34)19-23)33(32(37)31(28)36)24-12-16-27(17-13-24)39-20-21(2)3/h7-17,19,21,29,34-35H,4-6,18,20H2,1-3H3/b30-28-. The molecule has 2 N–H and O–H groups in total. The predicted molar refractivity (Wildman–Crippen MR) is 151 cm³/mol. The van der Waals surface area contributed by atoms with Crippen molar-refractivity contribution in [2.24, 2.45) is 5.92 Å². The molecule has 1 aliphatic rings. The first kappa shape index (κ1) is 27.8. The number of nitrogens with zero attached hydrogens (tertiary/aromatic N) is 1. The number of Topliss-reactive ketones (excluding diaryl/α,β-unsaturated/α-hetero) is 1. The van der Waals surface area contributed by atoms with Crippen molar-refractivity contribution in [3.63, 3.8) is 0 Å². The van der Waals surface area contributed by atoms with Gasteiger partial charge in [-0.2, -0.15) is 0 Å². The molecule has 39 heavy (non-hydrogen) atoms. The summed E-state index contributed by atoms with van der Waals surface area (Å²) >= 11 is 0. The number of phenols is 1. The Balaban J connectivity index is 1.71. The zero-order chi connectivity index (χ0) is 27.9. The number of benzene rings is 3. The molecule has 1 amide bonds. The summed E-state index contributed by atoms with van der Waals surface area (Å²) < 4.78 is 11.5. The van der Waals surface area contributed by atoms with Crippen LogP contribution in [0.15, 0.2) is 78.4 Å². The number of carbonyl (C=O) groups excluding carboxylic acids is 2. The Bertz CT molecular complexity index is 1330. The fourth-order valence-corrected chi connectivity index (χ4v) is 4.48. The second-order valence-corrected chi connectivity index (χ2v) is 10.0. The maximum absolute atomic E-state index is 13.4. The molecule has 1 fully saturated rings. The van der Waals surface area contributed by atoms with Crippen molar-refractivity contribution in [3.05, 3.63) is 89.5 Å². The number of amides is 1. The lowest BCUT2D eigenvalue weighted by Gasteiger charge is -2.25. The van der Waals surface area contributed by atoms with Crippen LogP contribution in [0.2, 0.25) is 0 Å². The number of carbonyl (C=O) groups is 2. The number of anilines is 1. The number of unbranched alkanes of at least 4 members (excludes halogenated alkanes) is 2. The van der Waals surface area contributed by atoms with Crippen LogP contribution in [-0.4, -0.2) is 35.1 Å². The molecule has 0 aliphatic carbocycles. The van der Waals surface area contributed by atoms with Crippen LogP contribution in [0.3, 0.4) is 0 Å². The SMILES string of the molecule is CCCCCOc1ccc(/C(O)=C2/C(=O)C(=O)N(c3ccc(OCC(C)C)cc3)C2c2cccc(O)c2)cc1. The van der Waals surface area contributed by atoms with E-state index in [0.29, 0.717) is 47.4 Å². The van der Waals surface area contributed by atoms with Gasteiger partial charge in [-0.1, -0.05) is 45.7 Å². The minimum Gasteiger partial charge on any atom is -0.508 e. The summed E-state index contributed by atoms with van der Waals surface area (Å²) in [5.41, 5.74) is 1.29. The molecular weight excluding hydrogens is 494 g/mol. The highest BCUT2D eigenvalue weighted by molar-refractivity contribution is 6.51. The van der Waals surface area contributed by atoms with E-state index < -0.39 is 17.7 Å². The maximum atomic E-state index is 13.4. The van der Waals surface area contributed by atoms with Crippen LogP contribution in [0.5, 0.6) is 17.2 Å². The Morgan fingerprint density at radius 3 is 2.23 bits per heavy atom. The molecule has 7 heteroatoms. The van der Waals surface area contributed by atoms with Crippen LogP contribution in [0, 0.1) is 5.92 Å². The Hall–Kier alpha value is -4.26. The summed E-state index contributed by atoms with van der Waals surface area (Å²) in [4.78, 5) is 28.1. The average molecular weight is 530 g/mol. The zero-order valence-corrected chi connectivity index (χ0v) is 22.6. The number of ketones is 1. The van der Waals surface area contributed by atoms with Gasteiger partial charge in [-0.25, -0.2) is 0 Å². The van der Waals surface area contributed by atoms with Gasteiger partial charge in [0.25, 0.3) is 11.7 Å². The van der Waals surface area contributed by atoms with E-state index in [1.54, 1.807) is 60.7 Å². The van der Waals surface area contributed by atoms with Crippen LogP contribution < -0.4 is 14.4 Å². The van der Waals surface area contributed by atoms with Crippen molar-refractivity contribution in [1.82, 2.24) is 0 Å². The van der Waals surface area contributed by atoms with Crippen LogP contribution in [0.1, 0.15) is 57.2 Å². The van der Waals surface area contributed by atoms with Gasteiger partial charge in [0, 0.05) is 11.3 Å². The monoisotopic (exact) mass is 529 g/mol. The third kappa shape index (κ3) is 6.42. The maximum Gasteiger partial charge on any atom is 0.300 e. The highest BCUT2D eigenvalue weighted by Gasteiger charge is 2.47. The number of ether oxygens (including phenoxy) is 2. The molecule has 1 aliphatic heterocycles. The quantitative estimate of drug-likeness (QED) is 0.125. The molecule has 204 valence electrons. The first-order valence-electron chi connectivity index (χ1n) is 13.4. The third-order valence-electron chi connectivity index (χ3n) is 6.47. The molecule has 1 saturated heterocycles. The first-order chi connectivity index (χ1) is 18.8. The molecule has 0 aromatic heterocycles. The molecule has 1 atom stereocenters. The van der Waals surface area contributed by atoms with Crippen molar-refractivity contribution in [2.45, 2.75) is 46.1 Å². The van der Waals surface area contributed by atoms with Crippen LogP contribution in [0.25, 0.3) is 5.76 Å². The molecule has 3 aromatic carbocycles. The summed E-state index contributed by atoms with van der Waals surface area (Å²) in [5, 5.41) is 21.5. The van der Waals surface area contributed by atoms with Gasteiger partial charge >= 0.3 is 0 Å². The van der Waals surface area contributed by atoms with Gasteiger partial charge < -0.3 is 19.7 Å². The highest BCUT2D eigenvalue weighted by atomic mass is 16.5. The van der Waals surface area contributed by atoms with Crippen molar-refractivity contribution in [2.75, 3.05) is 18.1 Å². The van der Waals surface area contributed by atoms with Gasteiger partial charge in [0.1, 0.15) is 23.0 Å². The van der Waals surface area contributed by atoms with E-state index in [1.807, 2.05) is 0 Å². The second-order valence-electron chi connectivity index (χ2n) is 10.0. The van der Waals surface area contributed by atoms with E-state index in [2.05, 4.69) is 20.8 Å². The van der Waals surface area contributed by atoms with E-state index in [1.165, 1.54) is 17.0 Å². The van der Waals surface area contributed by atoms with Gasteiger partial charge in [-0.3, -0.25) is 14.5 Å². The van der Waals surface area contributed by atoms with Gasteiger partial charge in [-0.05, 0) is 78.6 Å². The molecule has 0 bridgehead atoms. The normalized spacial score (nSPS) is 16.6. The van der Waals surface area contributed by atoms with Crippen molar-refractivity contribution >= 4 is 23.1 Å². The number of hydrogen-bond donors (Lipinski definition) is 2. The van der Waals surface area contributed by atoms with Crippen LogP contribution in [-0.2, 0) is 9.59 Å². The largest absolute Gasteiger partial charge is 0.508 e. The molecule has 7 nitrogen and oxygen atoms in total. The van der Waals surface area contributed by atoms with E-state index in [9.17, 15) is 19.8 Å². The van der Waals surface area contributed by atoms with E-state index in [0.717, 1.165) is 19.3 Å². The molecule has 1 heterocycles. The number of rotatable bonds is 11. The summed E-state index contributed by atoms with van der Waals surface area (Å²) in [7, 11) is 0. The summed E-state index contributed by atoms with van der Waals surface area (Å²) in [6, 6.07) is 19.1. The number of phenolic OH excluding ortho intramolecular Hbond substituents is 1. The van der Waals surface area contributed by atoms with Gasteiger partial charge in [0.2, 0.25) is 0 Å². The van der Waals surface area contributed by atoms with E-state index in [4.69, 9.17) is 9.47 Å². The Kier molecular flexibility index (Phi) is 8.92. The van der Waals surface area contributed by atoms with Crippen LogP contribution >= 0.6 is 0 Å². The Morgan fingerprint density at radius 1 is 0.923 bits per heavy atom. The van der Waals surface area contributed by atoms with Crippen molar-refractivity contribution in [1.29, 1.82) is 0 Å². The fourth-order valence-electron chi connectivity index (χ4n) is 4.48. The molecule has 1 unspecified atom stereocenters. The van der Waals surface area contributed by atoms with Gasteiger partial charge in [-0.15, -0.1) is 0 Å². The molecule has 0 radical (unpaired) electrons. The fraction of sp³-hybridized carbons (Fsp3) is 0.312. The van der Waals surface area contributed by atoms with Crippen molar-refractivity contribution in [3.8, 4) is 17.2 Å². The number of aromatic hydroxyl groups is 1.